The van der Waals surface area contributed by atoms with Crippen molar-refractivity contribution in [3.63, 3.8) is 0 Å². The number of fused-ring (bicyclic) bond motifs is 3. The first-order valence-electron chi connectivity index (χ1n) is 12.5. The van der Waals surface area contributed by atoms with Crippen molar-refractivity contribution in [2.45, 2.75) is 12.5 Å². The molecule has 1 N–H and O–H groups in total. The minimum Gasteiger partial charge on any atom is -0.520 e. The molecular formula is C30H31ClFN3O3U. The molecule has 0 spiro atoms. The summed E-state index contributed by atoms with van der Waals surface area (Å²) in [5, 5.41) is 5.13. The van der Waals surface area contributed by atoms with Crippen molar-refractivity contribution >= 4 is 28.9 Å². The molecule has 1 atom stereocenters. The molecular weight excluding hydrogens is 743 g/mol. The number of methoxy groups -OCH3 is 1. The largest absolute Gasteiger partial charge is 2.00 e. The van der Waals surface area contributed by atoms with Crippen LogP contribution in [-0.2, 0) is 23.0 Å². The Morgan fingerprint density at radius 3 is 2.46 bits per heavy atom. The summed E-state index contributed by atoms with van der Waals surface area (Å²) < 4.78 is 24.9. The van der Waals surface area contributed by atoms with E-state index < -0.39 is 0 Å². The standard InChI is InChI=1S/C24H27ClN3O3.C6H4F.U/c1-27-22-8-5-18(25)15-21(22)20-9-12-28(16-29)23(24(20)27)17-3-6-19(7-4-17)31-14-11-26-10-13-30-2;7-6-4-2-1-3-5-6;/h3-8,15,23,26H,9-14H2,1-2H3;2-5H;/q2*-1;+2. The third kappa shape index (κ3) is 7.87. The molecule has 0 saturated heterocycles. The van der Waals surface area contributed by atoms with Crippen LogP contribution in [-0.4, -0.2) is 55.8 Å². The molecule has 0 aliphatic carbocycles. The summed E-state index contributed by atoms with van der Waals surface area (Å²) >= 11 is 6.27. The average molecular weight is 774 g/mol. The Morgan fingerprint density at radius 2 is 1.82 bits per heavy atom. The molecule has 6 nitrogen and oxygen atoms in total. The molecule has 2 heterocycles. The molecule has 1 amide bonds. The van der Waals surface area contributed by atoms with Crippen molar-refractivity contribution in [1.29, 1.82) is 0 Å². The fourth-order valence-corrected chi connectivity index (χ4v) is 4.89. The number of nitrogens with one attached hydrogen (secondary N) is 1. The molecule has 0 bridgehead atoms. The normalized spacial score (nSPS) is 14.2. The van der Waals surface area contributed by atoms with Gasteiger partial charge in [0.05, 0.1) is 12.6 Å². The van der Waals surface area contributed by atoms with Gasteiger partial charge in [0, 0.05) is 54.7 Å². The second-order valence-corrected chi connectivity index (χ2v) is 9.34. The Labute approximate surface area is 257 Å². The first kappa shape index (κ1) is 31.2. The molecule has 1 unspecified atom stereocenters. The fraction of sp³-hybridized carbons (Fsp3) is 0.300. The summed E-state index contributed by atoms with van der Waals surface area (Å²) in [6.45, 7) is 3.44. The van der Waals surface area contributed by atoms with E-state index in [2.05, 4.69) is 22.4 Å². The van der Waals surface area contributed by atoms with E-state index in [0.29, 0.717) is 19.8 Å². The van der Waals surface area contributed by atoms with E-state index in [4.69, 9.17) is 21.1 Å². The summed E-state index contributed by atoms with van der Waals surface area (Å²) in [6.07, 6.45) is 2.93. The second kappa shape index (κ2) is 15.4. The van der Waals surface area contributed by atoms with Crippen LogP contribution < -0.4 is 10.1 Å². The van der Waals surface area contributed by atoms with Crippen LogP contribution in [0.25, 0.3) is 10.9 Å². The van der Waals surface area contributed by atoms with Crippen molar-refractivity contribution in [2.75, 3.05) is 40.0 Å². The maximum absolute atomic E-state index is 11.9. The van der Waals surface area contributed by atoms with E-state index in [1.54, 1.807) is 12.0 Å². The number of nitrogens with zero attached hydrogens (tertiary/aromatic N) is 2. The van der Waals surface area contributed by atoms with Gasteiger partial charge in [0.15, 0.2) is 0 Å². The predicted molar refractivity (Wildman–Crippen MR) is 148 cm³/mol. The van der Waals surface area contributed by atoms with E-state index in [9.17, 15) is 9.18 Å². The first-order chi connectivity index (χ1) is 18.5. The number of ether oxygens (including phenoxy) is 2. The number of aromatic nitrogens is 1. The Hall–Kier alpha value is -2.34. The predicted octanol–water partition coefficient (Wildman–Crippen LogP) is 5.09. The number of benzene rings is 3. The summed E-state index contributed by atoms with van der Waals surface area (Å²) in [5.41, 5.74) is 4.52. The molecule has 0 radical (unpaired) electrons. The van der Waals surface area contributed by atoms with E-state index >= 15 is 0 Å². The minimum atomic E-state index is -0.209. The third-order valence-electron chi connectivity index (χ3n) is 6.51. The summed E-state index contributed by atoms with van der Waals surface area (Å²) in [7, 11) is 3.73. The third-order valence-corrected chi connectivity index (χ3v) is 6.75. The molecule has 0 saturated carbocycles. The Bertz CT molecular complexity index is 1340. The summed E-state index contributed by atoms with van der Waals surface area (Å²) in [4.78, 5) is 13.5. The van der Waals surface area contributed by atoms with Crippen molar-refractivity contribution in [3.8, 4) is 5.75 Å². The van der Waals surface area contributed by atoms with E-state index in [-0.39, 0.29) is 43.0 Å². The van der Waals surface area contributed by atoms with Gasteiger partial charge in [0.1, 0.15) is 12.4 Å². The Balaban J connectivity index is 0.000000458. The van der Waals surface area contributed by atoms with Gasteiger partial charge in [-0.2, -0.15) is 24.6 Å². The van der Waals surface area contributed by atoms with Crippen LogP contribution in [0.4, 0.5) is 4.39 Å². The molecule has 0 fully saturated rings. The van der Waals surface area contributed by atoms with Crippen LogP contribution in [0.15, 0.2) is 66.7 Å². The van der Waals surface area contributed by atoms with Gasteiger partial charge in [-0.15, -0.1) is 12.1 Å². The van der Waals surface area contributed by atoms with Gasteiger partial charge >= 0.3 is 31.1 Å². The monoisotopic (exact) mass is 773 g/mol. The summed E-state index contributed by atoms with van der Waals surface area (Å²) in [5.74, 6) is 0.595. The van der Waals surface area contributed by atoms with Crippen LogP contribution in [0.3, 0.4) is 0 Å². The smallest absolute Gasteiger partial charge is 0.520 e. The van der Waals surface area contributed by atoms with Crippen molar-refractivity contribution in [3.05, 3.63) is 100 Å². The van der Waals surface area contributed by atoms with Crippen LogP contribution >= 0.6 is 11.6 Å². The maximum atomic E-state index is 11.9. The van der Waals surface area contributed by atoms with Gasteiger partial charge in [-0.25, -0.2) is 4.39 Å². The molecule has 5 rings (SSSR count). The van der Waals surface area contributed by atoms with E-state index in [1.807, 2.05) is 49.5 Å². The van der Waals surface area contributed by atoms with Gasteiger partial charge in [-0.05, 0) is 54.4 Å². The fourth-order valence-electron chi connectivity index (χ4n) is 4.72. The van der Waals surface area contributed by atoms with Gasteiger partial charge in [0.25, 0.3) is 0 Å². The molecule has 1 aliphatic rings. The molecule has 4 aromatic rings. The summed E-state index contributed by atoms with van der Waals surface area (Å²) in [6, 6.07) is 22.2. The van der Waals surface area contributed by atoms with E-state index in [1.165, 1.54) is 29.8 Å². The number of carbonyl (C=O) groups excluding carboxylic acids is 1. The zero-order chi connectivity index (χ0) is 26.9. The number of amides is 1. The molecule has 1 aromatic heterocycles. The number of hydrogen-bond donors (Lipinski definition) is 1. The van der Waals surface area contributed by atoms with Gasteiger partial charge < -0.3 is 29.1 Å². The zero-order valence-electron chi connectivity index (χ0n) is 22.0. The van der Waals surface area contributed by atoms with Gasteiger partial charge in [-0.1, -0.05) is 23.7 Å². The van der Waals surface area contributed by atoms with Crippen molar-refractivity contribution in [2.24, 2.45) is 7.05 Å². The molecule has 39 heavy (non-hydrogen) atoms. The van der Waals surface area contributed by atoms with Gasteiger partial charge in [-0.3, -0.25) is 0 Å². The van der Waals surface area contributed by atoms with Crippen LogP contribution in [0.2, 0.25) is 5.02 Å². The maximum Gasteiger partial charge on any atom is 2.00 e. The van der Waals surface area contributed by atoms with E-state index in [0.717, 1.165) is 52.4 Å². The van der Waals surface area contributed by atoms with Gasteiger partial charge in [0.2, 0.25) is 0 Å². The quantitative estimate of drug-likeness (QED) is 0.191. The van der Waals surface area contributed by atoms with Crippen molar-refractivity contribution in [1.82, 2.24) is 14.8 Å². The minimum absolute atomic E-state index is 0. The number of hydrogen-bond acceptors (Lipinski definition) is 4. The number of halogens is 2. The number of rotatable bonds is 9. The first-order valence-corrected chi connectivity index (χ1v) is 12.9. The van der Waals surface area contributed by atoms with Crippen LogP contribution in [0.1, 0.15) is 22.9 Å². The molecule has 202 valence electrons. The zero-order valence-corrected chi connectivity index (χ0v) is 27.0. The molecule has 1 aliphatic heterocycles. The molecule has 9 heteroatoms. The average Bonchev–Trinajstić information content (AvgIpc) is 3.22. The Morgan fingerprint density at radius 1 is 1.10 bits per heavy atom. The number of aryl methyl sites for hydroxylation is 1. The second-order valence-electron chi connectivity index (χ2n) is 8.90. The van der Waals surface area contributed by atoms with Crippen molar-refractivity contribution < 1.29 is 49.8 Å². The topological polar surface area (TPSA) is 55.7 Å². The van der Waals surface area contributed by atoms with Crippen LogP contribution in [0, 0.1) is 43.0 Å². The Kier molecular flexibility index (Phi) is 12.4. The SMILES string of the molecule is COCCNCCOc1ccc(C2c3c(c4cc(Cl)ccc4n3C)CCN2[C-]=O)cc1.Fc1cc[c-]cc1.[U+2]. The molecule has 3 aromatic carbocycles. The van der Waals surface area contributed by atoms with Crippen LogP contribution in [0.5, 0.6) is 5.75 Å².